The van der Waals surface area contributed by atoms with Crippen molar-refractivity contribution in [3.8, 4) is 0 Å². The Labute approximate surface area is 152 Å². The minimum atomic E-state index is -0.469. The van der Waals surface area contributed by atoms with E-state index in [0.717, 1.165) is 12.8 Å². The third-order valence-corrected chi connectivity index (χ3v) is 4.19. The van der Waals surface area contributed by atoms with E-state index in [1.807, 2.05) is 18.2 Å². The van der Waals surface area contributed by atoms with Crippen LogP contribution >= 0.6 is 24.8 Å². The third kappa shape index (κ3) is 7.53. The monoisotopic (exact) mass is 363 g/mol. The molecule has 134 valence electrons. The Morgan fingerprint density at radius 1 is 1.13 bits per heavy atom. The molecular weight excluding hydrogens is 333 g/mol. The van der Waals surface area contributed by atoms with Crippen molar-refractivity contribution < 1.29 is 4.79 Å². The van der Waals surface area contributed by atoms with Crippen molar-refractivity contribution >= 4 is 30.7 Å². The van der Waals surface area contributed by atoms with Crippen molar-refractivity contribution in [1.82, 2.24) is 10.6 Å². The van der Waals surface area contributed by atoms with Crippen molar-refractivity contribution in [2.75, 3.05) is 6.54 Å². The van der Waals surface area contributed by atoms with Crippen LogP contribution < -0.4 is 16.4 Å². The molecular formula is C17H31Cl2N3O. The smallest absolute Gasteiger partial charge is 0.236 e. The van der Waals surface area contributed by atoms with Gasteiger partial charge < -0.3 is 16.4 Å². The Bertz CT molecular complexity index is 437. The predicted octanol–water partition coefficient (Wildman–Crippen LogP) is 3.20. The quantitative estimate of drug-likeness (QED) is 0.664. The highest BCUT2D eigenvalue weighted by Crippen LogP contribution is 2.21. The zero-order valence-electron chi connectivity index (χ0n) is 14.5. The summed E-state index contributed by atoms with van der Waals surface area (Å²) in [4.78, 5) is 11.7. The SMILES string of the molecule is CCC(CC)(CNC(=O)[C@@H](C)N)NC(C)c1ccccc1.Cl.Cl. The lowest BCUT2D eigenvalue weighted by atomic mass is 9.90. The molecule has 1 amide bonds. The summed E-state index contributed by atoms with van der Waals surface area (Å²) >= 11 is 0. The van der Waals surface area contributed by atoms with Crippen LogP contribution in [0.2, 0.25) is 0 Å². The van der Waals surface area contributed by atoms with Crippen LogP contribution in [0, 0.1) is 0 Å². The van der Waals surface area contributed by atoms with Crippen molar-refractivity contribution in [2.24, 2.45) is 5.73 Å². The average molecular weight is 364 g/mol. The van der Waals surface area contributed by atoms with E-state index >= 15 is 0 Å². The molecule has 1 unspecified atom stereocenters. The maximum Gasteiger partial charge on any atom is 0.236 e. The Kier molecular flexibility index (Phi) is 12.4. The lowest BCUT2D eigenvalue weighted by molar-refractivity contribution is -0.122. The highest BCUT2D eigenvalue weighted by Gasteiger charge is 2.28. The maximum absolute atomic E-state index is 11.7. The molecule has 0 aromatic heterocycles. The molecule has 0 aliphatic heterocycles. The van der Waals surface area contributed by atoms with Gasteiger partial charge in [0.15, 0.2) is 0 Å². The summed E-state index contributed by atoms with van der Waals surface area (Å²) in [7, 11) is 0. The van der Waals surface area contributed by atoms with Gasteiger partial charge in [0.2, 0.25) is 5.91 Å². The number of amides is 1. The number of carbonyl (C=O) groups is 1. The summed E-state index contributed by atoms with van der Waals surface area (Å²) in [5.74, 6) is -0.101. The number of halogens is 2. The first kappa shape index (κ1) is 24.4. The lowest BCUT2D eigenvalue weighted by Crippen LogP contribution is -2.55. The van der Waals surface area contributed by atoms with E-state index in [2.05, 4.69) is 43.5 Å². The van der Waals surface area contributed by atoms with E-state index in [-0.39, 0.29) is 42.3 Å². The van der Waals surface area contributed by atoms with Gasteiger partial charge in [-0.2, -0.15) is 0 Å². The van der Waals surface area contributed by atoms with Gasteiger partial charge in [0.05, 0.1) is 6.04 Å². The second kappa shape index (κ2) is 11.7. The molecule has 1 aromatic carbocycles. The fourth-order valence-electron chi connectivity index (χ4n) is 2.46. The molecule has 23 heavy (non-hydrogen) atoms. The summed E-state index contributed by atoms with van der Waals surface area (Å²) < 4.78 is 0. The first-order valence-corrected chi connectivity index (χ1v) is 7.80. The Morgan fingerprint density at radius 3 is 2.09 bits per heavy atom. The molecule has 0 aliphatic rings. The molecule has 0 heterocycles. The summed E-state index contributed by atoms with van der Waals surface area (Å²) in [6.45, 7) is 8.74. The van der Waals surface area contributed by atoms with E-state index in [1.165, 1.54) is 5.56 Å². The number of nitrogens with two attached hydrogens (primary N) is 1. The van der Waals surface area contributed by atoms with Crippen LogP contribution in [-0.4, -0.2) is 24.0 Å². The van der Waals surface area contributed by atoms with Crippen molar-refractivity contribution in [2.45, 2.75) is 58.2 Å². The molecule has 0 saturated carbocycles. The zero-order valence-corrected chi connectivity index (χ0v) is 16.1. The van der Waals surface area contributed by atoms with Crippen LogP contribution in [-0.2, 0) is 4.79 Å². The summed E-state index contributed by atoms with van der Waals surface area (Å²) in [5, 5.41) is 6.64. The van der Waals surface area contributed by atoms with Gasteiger partial charge in [0, 0.05) is 18.1 Å². The molecule has 1 rings (SSSR count). The highest BCUT2D eigenvalue weighted by molar-refractivity contribution is 5.85. The number of hydrogen-bond donors (Lipinski definition) is 3. The van der Waals surface area contributed by atoms with Gasteiger partial charge in [-0.05, 0) is 32.3 Å². The van der Waals surface area contributed by atoms with Gasteiger partial charge in [-0.3, -0.25) is 4.79 Å². The van der Waals surface area contributed by atoms with Gasteiger partial charge in [-0.25, -0.2) is 0 Å². The van der Waals surface area contributed by atoms with Gasteiger partial charge in [-0.15, -0.1) is 24.8 Å². The second-order valence-electron chi connectivity index (χ2n) is 5.77. The summed E-state index contributed by atoms with van der Waals surface area (Å²) in [6, 6.07) is 10.1. The minimum Gasteiger partial charge on any atom is -0.353 e. The fourth-order valence-corrected chi connectivity index (χ4v) is 2.46. The van der Waals surface area contributed by atoms with Crippen LogP contribution in [0.15, 0.2) is 30.3 Å². The zero-order chi connectivity index (χ0) is 15.9. The van der Waals surface area contributed by atoms with E-state index < -0.39 is 6.04 Å². The first-order valence-electron chi connectivity index (χ1n) is 7.80. The number of hydrogen-bond acceptors (Lipinski definition) is 3. The predicted molar refractivity (Wildman–Crippen MR) is 102 cm³/mol. The van der Waals surface area contributed by atoms with Gasteiger partial charge in [0.1, 0.15) is 0 Å². The maximum atomic E-state index is 11.7. The topological polar surface area (TPSA) is 67.2 Å². The standard InChI is InChI=1S/C17H29N3O.2ClH/c1-5-17(6-2,12-19-16(21)13(3)18)20-14(4)15-10-8-7-9-11-15;;/h7-11,13-14,20H,5-6,12,18H2,1-4H3,(H,19,21);2*1H/t13-,14?;;/m1../s1. The Hall–Kier alpha value is -0.810. The third-order valence-electron chi connectivity index (χ3n) is 4.19. The number of rotatable bonds is 8. The van der Waals surface area contributed by atoms with Crippen LogP contribution in [0.25, 0.3) is 0 Å². The molecule has 4 nitrogen and oxygen atoms in total. The average Bonchev–Trinajstić information content (AvgIpc) is 2.51. The molecule has 0 saturated heterocycles. The molecule has 1 aromatic rings. The molecule has 2 atom stereocenters. The summed E-state index contributed by atoms with van der Waals surface area (Å²) in [5.41, 5.74) is 6.75. The second-order valence-corrected chi connectivity index (χ2v) is 5.77. The molecule has 4 N–H and O–H groups in total. The first-order chi connectivity index (χ1) is 9.94. The molecule has 0 bridgehead atoms. The Balaban J connectivity index is 0. The van der Waals surface area contributed by atoms with Crippen molar-refractivity contribution in [3.63, 3.8) is 0 Å². The van der Waals surface area contributed by atoms with E-state index in [4.69, 9.17) is 5.73 Å². The van der Waals surface area contributed by atoms with Crippen molar-refractivity contribution in [1.29, 1.82) is 0 Å². The summed E-state index contributed by atoms with van der Waals surface area (Å²) in [6.07, 6.45) is 1.89. The van der Waals surface area contributed by atoms with Gasteiger partial charge in [-0.1, -0.05) is 44.2 Å². The number of benzene rings is 1. The normalized spacial score (nSPS) is 13.3. The molecule has 6 heteroatoms. The number of carbonyl (C=O) groups excluding carboxylic acids is 1. The fraction of sp³-hybridized carbons (Fsp3) is 0.588. The van der Waals surface area contributed by atoms with Crippen LogP contribution in [0.1, 0.15) is 52.1 Å². The highest BCUT2D eigenvalue weighted by atomic mass is 35.5. The van der Waals surface area contributed by atoms with Crippen LogP contribution in [0.3, 0.4) is 0 Å². The Morgan fingerprint density at radius 2 is 1.65 bits per heavy atom. The molecule has 0 spiro atoms. The van der Waals surface area contributed by atoms with Crippen molar-refractivity contribution in [3.05, 3.63) is 35.9 Å². The van der Waals surface area contributed by atoms with E-state index in [9.17, 15) is 4.79 Å². The van der Waals surface area contributed by atoms with E-state index in [0.29, 0.717) is 6.54 Å². The van der Waals surface area contributed by atoms with Gasteiger partial charge in [0.25, 0.3) is 0 Å². The molecule has 0 radical (unpaired) electrons. The largest absolute Gasteiger partial charge is 0.353 e. The minimum absolute atomic E-state index is 0. The lowest BCUT2D eigenvalue weighted by Gasteiger charge is -2.36. The molecule has 0 aliphatic carbocycles. The van der Waals surface area contributed by atoms with Crippen LogP contribution in [0.4, 0.5) is 0 Å². The van der Waals surface area contributed by atoms with Gasteiger partial charge >= 0.3 is 0 Å². The van der Waals surface area contributed by atoms with Crippen LogP contribution in [0.5, 0.6) is 0 Å². The molecule has 0 fully saturated rings. The number of nitrogens with one attached hydrogen (secondary N) is 2. The van der Waals surface area contributed by atoms with E-state index in [1.54, 1.807) is 6.92 Å².